The summed E-state index contributed by atoms with van der Waals surface area (Å²) in [4.78, 5) is 4.54. The van der Waals surface area contributed by atoms with E-state index in [4.69, 9.17) is 0 Å². The molecular weight excluding hydrogens is 402 g/mol. The summed E-state index contributed by atoms with van der Waals surface area (Å²) in [6, 6.07) is 20.4. The first-order valence-electron chi connectivity index (χ1n) is 10.2. The van der Waals surface area contributed by atoms with E-state index >= 15 is 0 Å². The Kier molecular flexibility index (Phi) is 5.01. The molecule has 156 valence electrons. The molecule has 0 radical (unpaired) electrons. The number of aryl methyl sites for hydroxylation is 1. The van der Waals surface area contributed by atoms with Crippen LogP contribution < -0.4 is 5.32 Å². The molecule has 0 fully saturated rings. The van der Waals surface area contributed by atoms with Gasteiger partial charge in [0.05, 0.1) is 6.20 Å². The number of fused-ring (bicyclic) bond motifs is 1. The van der Waals surface area contributed by atoms with E-state index in [9.17, 15) is 5.26 Å². The number of anilines is 1. The molecule has 2 aromatic carbocycles. The Labute approximate surface area is 183 Å². The van der Waals surface area contributed by atoms with E-state index in [2.05, 4.69) is 66.4 Å². The van der Waals surface area contributed by atoms with Crippen molar-refractivity contribution in [2.45, 2.75) is 19.9 Å². The summed E-state index contributed by atoms with van der Waals surface area (Å²) in [6.45, 7) is 2.65. The van der Waals surface area contributed by atoms with Crippen LogP contribution in [0.15, 0.2) is 60.8 Å². The molecule has 0 aliphatic rings. The first-order chi connectivity index (χ1) is 15.8. The molecule has 9 heteroatoms. The maximum atomic E-state index is 9.31. The minimum Gasteiger partial charge on any atom is -0.366 e. The van der Waals surface area contributed by atoms with Crippen LogP contribution in [0, 0.1) is 11.3 Å². The second-order valence-electron chi connectivity index (χ2n) is 7.22. The molecule has 0 amide bonds. The van der Waals surface area contributed by atoms with Gasteiger partial charge in [-0.15, -0.1) is 10.2 Å². The number of hydrogen-bond donors (Lipinski definition) is 2. The monoisotopic (exact) mass is 421 g/mol. The fourth-order valence-corrected chi connectivity index (χ4v) is 3.60. The van der Waals surface area contributed by atoms with Gasteiger partial charge in [-0.25, -0.2) is 4.98 Å². The standard InChI is InChI=1S/C23H19N9/c1-2-18-11-21(32-23(27-18)17(12-24)14-26-32)25-13-15-7-9-16(10-8-15)19-5-3-4-6-20(19)22-28-30-31-29-22/h3-11,14,25H,2,13H2,1H3,(H,28,29,30,31). The van der Waals surface area contributed by atoms with Crippen molar-refractivity contribution in [1.82, 2.24) is 35.2 Å². The SMILES string of the molecule is CCc1cc(NCc2ccc(-c3ccccc3-c3nn[nH]n3)cc2)n2ncc(C#N)c2n1. The lowest BCUT2D eigenvalue weighted by molar-refractivity contribution is 0.881. The van der Waals surface area contributed by atoms with Gasteiger partial charge in [0, 0.05) is 23.9 Å². The van der Waals surface area contributed by atoms with Crippen molar-refractivity contribution < 1.29 is 0 Å². The number of aromatic nitrogens is 7. The fraction of sp³-hybridized carbons (Fsp3) is 0.130. The van der Waals surface area contributed by atoms with Crippen LogP contribution in [-0.4, -0.2) is 35.2 Å². The van der Waals surface area contributed by atoms with Gasteiger partial charge in [0.1, 0.15) is 17.5 Å². The lowest BCUT2D eigenvalue weighted by atomic mass is 9.98. The molecule has 5 aromatic rings. The van der Waals surface area contributed by atoms with Crippen molar-refractivity contribution in [1.29, 1.82) is 5.26 Å². The normalized spacial score (nSPS) is 10.9. The van der Waals surface area contributed by atoms with E-state index in [1.54, 1.807) is 10.7 Å². The summed E-state index contributed by atoms with van der Waals surface area (Å²) < 4.78 is 1.67. The van der Waals surface area contributed by atoms with Crippen LogP contribution in [0.5, 0.6) is 0 Å². The summed E-state index contributed by atoms with van der Waals surface area (Å²) >= 11 is 0. The summed E-state index contributed by atoms with van der Waals surface area (Å²) in [5.74, 6) is 1.37. The zero-order valence-corrected chi connectivity index (χ0v) is 17.3. The minimum atomic E-state index is 0.466. The maximum absolute atomic E-state index is 9.31. The molecule has 3 heterocycles. The highest BCUT2D eigenvalue weighted by atomic mass is 15.5. The van der Waals surface area contributed by atoms with Crippen LogP contribution in [-0.2, 0) is 13.0 Å². The molecule has 0 saturated carbocycles. The Balaban J connectivity index is 1.39. The van der Waals surface area contributed by atoms with E-state index in [0.29, 0.717) is 23.6 Å². The molecule has 9 nitrogen and oxygen atoms in total. The number of benzene rings is 2. The lowest BCUT2D eigenvalue weighted by Crippen LogP contribution is -2.07. The molecular formula is C23H19N9. The van der Waals surface area contributed by atoms with Crippen LogP contribution in [0.4, 0.5) is 5.82 Å². The second kappa shape index (κ2) is 8.28. The van der Waals surface area contributed by atoms with E-state index in [1.807, 2.05) is 37.3 Å². The highest BCUT2D eigenvalue weighted by molar-refractivity contribution is 5.80. The van der Waals surface area contributed by atoms with Crippen molar-refractivity contribution in [3.05, 3.63) is 77.6 Å². The van der Waals surface area contributed by atoms with Gasteiger partial charge < -0.3 is 5.32 Å². The average molecular weight is 421 g/mol. The molecule has 2 N–H and O–H groups in total. The summed E-state index contributed by atoms with van der Waals surface area (Å²) in [7, 11) is 0. The number of nitrogens with zero attached hydrogens (tertiary/aromatic N) is 7. The minimum absolute atomic E-state index is 0.466. The number of tetrazole rings is 1. The zero-order chi connectivity index (χ0) is 21.9. The van der Waals surface area contributed by atoms with Crippen molar-refractivity contribution in [3.63, 3.8) is 0 Å². The second-order valence-corrected chi connectivity index (χ2v) is 7.22. The zero-order valence-electron chi connectivity index (χ0n) is 17.3. The number of hydrogen-bond acceptors (Lipinski definition) is 7. The van der Waals surface area contributed by atoms with Gasteiger partial charge in [-0.05, 0) is 28.3 Å². The van der Waals surface area contributed by atoms with Crippen LogP contribution in [0.2, 0.25) is 0 Å². The quantitative estimate of drug-likeness (QED) is 0.429. The molecule has 0 saturated heterocycles. The van der Waals surface area contributed by atoms with Crippen LogP contribution in [0.3, 0.4) is 0 Å². The average Bonchev–Trinajstić information content (AvgIpc) is 3.53. The third-order valence-corrected chi connectivity index (χ3v) is 5.26. The highest BCUT2D eigenvalue weighted by Crippen LogP contribution is 2.29. The molecule has 32 heavy (non-hydrogen) atoms. The fourth-order valence-electron chi connectivity index (χ4n) is 3.60. The number of nitriles is 1. The number of H-pyrrole nitrogens is 1. The van der Waals surface area contributed by atoms with Crippen LogP contribution in [0.25, 0.3) is 28.2 Å². The maximum Gasteiger partial charge on any atom is 0.205 e. The summed E-state index contributed by atoms with van der Waals surface area (Å²) in [5, 5.41) is 31.4. The van der Waals surface area contributed by atoms with Crippen LogP contribution in [0.1, 0.15) is 23.7 Å². The van der Waals surface area contributed by atoms with E-state index in [-0.39, 0.29) is 0 Å². The summed E-state index contributed by atoms with van der Waals surface area (Å²) in [6.07, 6.45) is 2.32. The van der Waals surface area contributed by atoms with Gasteiger partial charge in [0.2, 0.25) is 5.82 Å². The van der Waals surface area contributed by atoms with Gasteiger partial charge in [-0.3, -0.25) is 0 Å². The largest absolute Gasteiger partial charge is 0.366 e. The van der Waals surface area contributed by atoms with Gasteiger partial charge in [0.15, 0.2) is 5.65 Å². The smallest absolute Gasteiger partial charge is 0.205 e. The van der Waals surface area contributed by atoms with Crippen molar-refractivity contribution in [2.75, 3.05) is 5.32 Å². The Morgan fingerprint density at radius 3 is 2.62 bits per heavy atom. The Morgan fingerprint density at radius 1 is 1.09 bits per heavy atom. The van der Waals surface area contributed by atoms with Crippen molar-refractivity contribution >= 4 is 11.5 Å². The topological polar surface area (TPSA) is 120 Å². The third kappa shape index (κ3) is 3.54. The van der Waals surface area contributed by atoms with Gasteiger partial charge in [-0.1, -0.05) is 55.5 Å². The molecule has 0 atom stereocenters. The van der Waals surface area contributed by atoms with Gasteiger partial charge in [0.25, 0.3) is 0 Å². The molecule has 0 aliphatic carbocycles. The molecule has 0 unspecified atom stereocenters. The first-order valence-corrected chi connectivity index (χ1v) is 10.2. The molecule has 3 aromatic heterocycles. The number of aromatic amines is 1. The van der Waals surface area contributed by atoms with Gasteiger partial charge in [-0.2, -0.15) is 20.1 Å². The van der Waals surface area contributed by atoms with Crippen molar-refractivity contribution in [2.24, 2.45) is 0 Å². The molecule has 0 spiro atoms. The molecule has 5 rings (SSSR count). The Morgan fingerprint density at radius 2 is 1.91 bits per heavy atom. The third-order valence-electron chi connectivity index (χ3n) is 5.26. The number of rotatable bonds is 6. The Bertz CT molecular complexity index is 1410. The van der Waals surface area contributed by atoms with E-state index in [1.165, 1.54) is 0 Å². The lowest BCUT2D eigenvalue weighted by Gasteiger charge is -2.11. The molecule has 0 aliphatic heterocycles. The predicted molar refractivity (Wildman–Crippen MR) is 119 cm³/mol. The first kappa shape index (κ1) is 19.4. The predicted octanol–water partition coefficient (Wildman–Crippen LogP) is 3.62. The van der Waals surface area contributed by atoms with Crippen LogP contribution >= 0.6 is 0 Å². The molecule has 0 bridgehead atoms. The van der Waals surface area contributed by atoms with Gasteiger partial charge >= 0.3 is 0 Å². The highest BCUT2D eigenvalue weighted by Gasteiger charge is 2.12. The van der Waals surface area contributed by atoms with Crippen molar-refractivity contribution in [3.8, 4) is 28.6 Å². The number of nitrogens with one attached hydrogen (secondary N) is 2. The summed E-state index contributed by atoms with van der Waals surface area (Å²) in [5.41, 5.74) is 6.09. The van der Waals surface area contributed by atoms with E-state index < -0.39 is 0 Å². The Hall–Kier alpha value is -4.58. The van der Waals surface area contributed by atoms with E-state index in [0.717, 1.165) is 40.2 Å².